The number of sulfonamides is 1. The largest absolute Gasteiger partial charge is 0.314 e. The fraction of sp³-hybridized carbons (Fsp3) is 0.632. The van der Waals surface area contributed by atoms with Crippen molar-refractivity contribution in [3.8, 4) is 0 Å². The zero-order chi connectivity index (χ0) is 20.2. The van der Waals surface area contributed by atoms with Crippen LogP contribution in [0.2, 0.25) is 0 Å². The van der Waals surface area contributed by atoms with E-state index in [4.69, 9.17) is 0 Å². The first-order valence-electron chi connectivity index (χ1n) is 10.0. The molecule has 2 aliphatic heterocycles. The number of benzene rings is 1. The number of halogens is 2. The van der Waals surface area contributed by atoms with Gasteiger partial charge in [-0.1, -0.05) is 0 Å². The van der Waals surface area contributed by atoms with E-state index in [0.29, 0.717) is 0 Å². The molecule has 0 spiro atoms. The number of hydrogen-bond donors (Lipinski definition) is 2. The van der Waals surface area contributed by atoms with Gasteiger partial charge in [-0.05, 0) is 37.5 Å². The standard InChI is InChI=1S/C19H24F2N4O2S2/c20-19(21)6-5-15(17(8-19)25-12-1-2-13(25)10-22-9-12)24-29(26,27)14-3-4-16-18(7-14)28-11-23-16/h3-4,7,11-13,15,17,22,24H,1-2,5-6,8-10H2. The summed E-state index contributed by atoms with van der Waals surface area (Å²) in [6.07, 6.45) is 1.51. The van der Waals surface area contributed by atoms with E-state index in [9.17, 15) is 17.2 Å². The topological polar surface area (TPSA) is 74.3 Å². The molecule has 2 saturated heterocycles. The van der Waals surface area contributed by atoms with E-state index in [1.807, 2.05) is 0 Å². The Morgan fingerprint density at radius 3 is 2.72 bits per heavy atom. The van der Waals surface area contributed by atoms with Crippen molar-refractivity contribution in [3.05, 3.63) is 23.7 Å². The van der Waals surface area contributed by atoms with Crippen molar-refractivity contribution in [2.75, 3.05) is 13.1 Å². The van der Waals surface area contributed by atoms with Gasteiger partial charge in [0.25, 0.3) is 0 Å². The predicted molar refractivity (Wildman–Crippen MR) is 108 cm³/mol. The van der Waals surface area contributed by atoms with Crippen LogP contribution in [0.15, 0.2) is 28.6 Å². The van der Waals surface area contributed by atoms with Crippen molar-refractivity contribution in [2.24, 2.45) is 0 Å². The Balaban J connectivity index is 1.43. The van der Waals surface area contributed by atoms with Gasteiger partial charge >= 0.3 is 0 Å². The number of thiazole rings is 1. The van der Waals surface area contributed by atoms with E-state index in [0.717, 1.165) is 36.1 Å². The maximum atomic E-state index is 14.3. The number of rotatable bonds is 4. The molecule has 29 heavy (non-hydrogen) atoms. The lowest BCUT2D eigenvalue weighted by Gasteiger charge is -2.47. The van der Waals surface area contributed by atoms with Crippen LogP contribution in [0.4, 0.5) is 8.78 Å². The maximum Gasteiger partial charge on any atom is 0.249 e. The molecule has 4 unspecified atom stereocenters. The lowest BCUT2D eigenvalue weighted by atomic mass is 9.86. The molecule has 1 aromatic heterocycles. The van der Waals surface area contributed by atoms with Crippen molar-refractivity contribution >= 4 is 31.6 Å². The number of hydrogen-bond acceptors (Lipinski definition) is 6. The van der Waals surface area contributed by atoms with E-state index >= 15 is 0 Å². The van der Waals surface area contributed by atoms with Gasteiger partial charge in [-0.15, -0.1) is 11.3 Å². The summed E-state index contributed by atoms with van der Waals surface area (Å²) in [6.45, 7) is 1.56. The zero-order valence-corrected chi connectivity index (χ0v) is 17.5. The second-order valence-electron chi connectivity index (χ2n) is 8.37. The molecular formula is C19H24F2N4O2S2. The third-order valence-electron chi connectivity index (χ3n) is 6.53. The fourth-order valence-corrected chi connectivity index (χ4v) is 7.30. The van der Waals surface area contributed by atoms with Crippen LogP contribution in [-0.2, 0) is 10.0 Å². The van der Waals surface area contributed by atoms with E-state index in [2.05, 4.69) is 19.9 Å². The van der Waals surface area contributed by atoms with Crippen LogP contribution in [0.5, 0.6) is 0 Å². The Labute approximate surface area is 172 Å². The first-order chi connectivity index (χ1) is 13.8. The quantitative estimate of drug-likeness (QED) is 0.761. The highest BCUT2D eigenvalue weighted by Crippen LogP contribution is 2.41. The molecule has 0 radical (unpaired) electrons. The van der Waals surface area contributed by atoms with Crippen molar-refractivity contribution in [1.82, 2.24) is 19.9 Å². The van der Waals surface area contributed by atoms with Crippen LogP contribution in [0.1, 0.15) is 32.1 Å². The Kier molecular flexibility index (Phi) is 4.90. The second kappa shape index (κ2) is 7.19. The van der Waals surface area contributed by atoms with Crippen LogP contribution in [0, 0.1) is 0 Å². The van der Waals surface area contributed by atoms with Gasteiger partial charge in [-0.25, -0.2) is 26.9 Å². The first kappa shape index (κ1) is 19.7. The summed E-state index contributed by atoms with van der Waals surface area (Å²) in [5, 5.41) is 3.37. The molecule has 6 nitrogen and oxygen atoms in total. The highest BCUT2D eigenvalue weighted by Gasteiger charge is 2.50. The summed E-state index contributed by atoms with van der Waals surface area (Å²) in [5.41, 5.74) is 2.43. The average molecular weight is 443 g/mol. The van der Waals surface area contributed by atoms with E-state index < -0.39 is 28.0 Å². The van der Waals surface area contributed by atoms with Gasteiger partial charge in [0, 0.05) is 50.1 Å². The third kappa shape index (κ3) is 3.69. The average Bonchev–Trinajstić information content (AvgIpc) is 3.24. The number of nitrogens with one attached hydrogen (secondary N) is 2. The molecule has 10 heteroatoms. The molecule has 3 heterocycles. The molecule has 2 bridgehead atoms. The molecule has 1 saturated carbocycles. The van der Waals surface area contributed by atoms with Gasteiger partial charge in [0.15, 0.2) is 0 Å². The van der Waals surface area contributed by atoms with Crippen LogP contribution < -0.4 is 10.0 Å². The highest BCUT2D eigenvalue weighted by molar-refractivity contribution is 7.89. The molecule has 4 atom stereocenters. The van der Waals surface area contributed by atoms with Crippen LogP contribution >= 0.6 is 11.3 Å². The molecule has 0 amide bonds. The monoisotopic (exact) mass is 442 g/mol. The molecule has 2 N–H and O–H groups in total. The summed E-state index contributed by atoms with van der Waals surface area (Å²) >= 11 is 1.38. The summed E-state index contributed by atoms with van der Waals surface area (Å²) in [5.74, 6) is -2.75. The van der Waals surface area contributed by atoms with Crippen molar-refractivity contribution in [2.45, 2.75) is 67.1 Å². The number of aromatic nitrogens is 1. The molecule has 1 aliphatic carbocycles. The molecule has 1 aromatic carbocycles. The summed E-state index contributed by atoms with van der Waals surface area (Å²) < 4.78 is 58.4. The molecule has 5 rings (SSSR count). The molecular weight excluding hydrogens is 418 g/mol. The minimum atomic E-state index is -3.81. The molecule has 2 aromatic rings. The summed E-state index contributed by atoms with van der Waals surface area (Å²) in [7, 11) is -3.81. The van der Waals surface area contributed by atoms with Crippen molar-refractivity contribution < 1.29 is 17.2 Å². The van der Waals surface area contributed by atoms with Crippen LogP contribution in [-0.4, -0.2) is 61.5 Å². The van der Waals surface area contributed by atoms with Crippen molar-refractivity contribution in [3.63, 3.8) is 0 Å². The van der Waals surface area contributed by atoms with Gasteiger partial charge < -0.3 is 5.32 Å². The zero-order valence-electron chi connectivity index (χ0n) is 15.9. The first-order valence-corrected chi connectivity index (χ1v) is 12.4. The van der Waals surface area contributed by atoms with Crippen molar-refractivity contribution in [1.29, 1.82) is 0 Å². The van der Waals surface area contributed by atoms with Gasteiger partial charge in [0.1, 0.15) is 0 Å². The molecule has 3 aliphatic rings. The van der Waals surface area contributed by atoms with Crippen LogP contribution in [0.25, 0.3) is 10.2 Å². The van der Waals surface area contributed by atoms with Gasteiger partial charge in [-0.2, -0.15) is 0 Å². The molecule has 158 valence electrons. The van der Waals surface area contributed by atoms with E-state index in [1.165, 1.54) is 17.4 Å². The lowest BCUT2D eigenvalue weighted by molar-refractivity contribution is -0.0821. The number of piperazine rings is 1. The van der Waals surface area contributed by atoms with Crippen LogP contribution in [0.3, 0.4) is 0 Å². The normalized spacial score (nSPS) is 32.6. The van der Waals surface area contributed by atoms with E-state index in [1.54, 1.807) is 17.6 Å². The van der Waals surface area contributed by atoms with Gasteiger partial charge in [-0.3, -0.25) is 4.90 Å². The minimum Gasteiger partial charge on any atom is -0.314 e. The number of alkyl halides is 2. The summed E-state index contributed by atoms with van der Waals surface area (Å²) in [4.78, 5) is 6.52. The smallest absolute Gasteiger partial charge is 0.249 e. The Morgan fingerprint density at radius 1 is 1.21 bits per heavy atom. The number of fused-ring (bicyclic) bond motifs is 3. The summed E-state index contributed by atoms with van der Waals surface area (Å²) in [6, 6.07) is 4.23. The maximum absolute atomic E-state index is 14.3. The van der Waals surface area contributed by atoms with E-state index in [-0.39, 0.29) is 36.2 Å². The Bertz CT molecular complexity index is 997. The lowest BCUT2D eigenvalue weighted by Crippen LogP contribution is -2.64. The highest BCUT2D eigenvalue weighted by atomic mass is 32.2. The Hall–Kier alpha value is -1.20. The third-order valence-corrected chi connectivity index (χ3v) is 8.81. The van der Waals surface area contributed by atoms with Gasteiger partial charge in [0.05, 0.1) is 20.6 Å². The SMILES string of the molecule is O=S(=O)(NC1CCC(F)(F)CC1N1C2CCC1CNC2)c1ccc2ncsc2c1. The second-order valence-corrected chi connectivity index (χ2v) is 11.0. The fourth-order valence-electron chi connectivity index (χ4n) is 5.18. The number of nitrogens with zero attached hydrogens (tertiary/aromatic N) is 2. The predicted octanol–water partition coefficient (Wildman–Crippen LogP) is 2.57. The minimum absolute atomic E-state index is 0.142. The Morgan fingerprint density at radius 2 is 1.97 bits per heavy atom. The molecule has 3 fully saturated rings. The van der Waals surface area contributed by atoms with Gasteiger partial charge in [0.2, 0.25) is 15.9 Å².